The van der Waals surface area contributed by atoms with Gasteiger partial charge in [-0.2, -0.15) is 0 Å². The zero-order valence-corrected chi connectivity index (χ0v) is 9.34. The van der Waals surface area contributed by atoms with E-state index in [9.17, 15) is 18.0 Å². The van der Waals surface area contributed by atoms with E-state index in [1.807, 2.05) is 6.92 Å². The van der Waals surface area contributed by atoms with Crippen LogP contribution < -0.4 is 5.32 Å². The summed E-state index contributed by atoms with van der Waals surface area (Å²) in [6.45, 7) is 2.27. The SMILES string of the molecule is CCCNC(=O)CS(=O)(=O)CCC(=O)O. The van der Waals surface area contributed by atoms with Crippen LogP contribution in [0.15, 0.2) is 0 Å². The van der Waals surface area contributed by atoms with E-state index >= 15 is 0 Å². The first-order chi connectivity index (χ1) is 6.87. The van der Waals surface area contributed by atoms with E-state index in [-0.39, 0.29) is 0 Å². The Bertz CT molecular complexity index is 322. The van der Waals surface area contributed by atoms with Crippen LogP contribution in [0.3, 0.4) is 0 Å². The van der Waals surface area contributed by atoms with E-state index in [0.717, 1.165) is 6.42 Å². The number of carbonyl (C=O) groups excluding carboxylic acids is 1. The highest BCUT2D eigenvalue weighted by Crippen LogP contribution is 1.94. The van der Waals surface area contributed by atoms with Gasteiger partial charge in [0.15, 0.2) is 9.84 Å². The van der Waals surface area contributed by atoms with Crippen LogP contribution in [0, 0.1) is 0 Å². The Morgan fingerprint density at radius 3 is 2.40 bits per heavy atom. The van der Waals surface area contributed by atoms with Crippen LogP contribution in [-0.4, -0.2) is 43.5 Å². The highest BCUT2D eigenvalue weighted by atomic mass is 32.2. The van der Waals surface area contributed by atoms with Crippen LogP contribution in [-0.2, 0) is 19.4 Å². The van der Waals surface area contributed by atoms with Crippen LogP contribution in [0.5, 0.6) is 0 Å². The minimum atomic E-state index is -3.60. The third-order valence-electron chi connectivity index (χ3n) is 1.55. The van der Waals surface area contributed by atoms with Gasteiger partial charge in [-0.05, 0) is 6.42 Å². The number of aliphatic carboxylic acids is 1. The molecule has 0 saturated heterocycles. The number of carbonyl (C=O) groups is 2. The van der Waals surface area contributed by atoms with Crippen LogP contribution in [0.1, 0.15) is 19.8 Å². The molecule has 0 heterocycles. The predicted octanol–water partition coefficient (Wildman–Crippen LogP) is -0.598. The van der Waals surface area contributed by atoms with Crippen molar-refractivity contribution in [2.24, 2.45) is 0 Å². The second-order valence-electron chi connectivity index (χ2n) is 3.09. The summed E-state index contributed by atoms with van der Waals surface area (Å²) < 4.78 is 22.4. The number of nitrogens with one attached hydrogen (secondary N) is 1. The summed E-state index contributed by atoms with van der Waals surface area (Å²) in [7, 11) is -3.60. The molecule has 0 saturated carbocycles. The molecule has 2 N–H and O–H groups in total. The fraction of sp³-hybridized carbons (Fsp3) is 0.750. The molecule has 7 heteroatoms. The molecule has 0 radical (unpaired) electrons. The van der Waals surface area contributed by atoms with E-state index in [4.69, 9.17) is 5.11 Å². The second kappa shape index (κ2) is 6.39. The summed E-state index contributed by atoms with van der Waals surface area (Å²) >= 11 is 0. The topological polar surface area (TPSA) is 101 Å². The Hall–Kier alpha value is -1.11. The Labute approximate surface area is 88.6 Å². The summed E-state index contributed by atoms with van der Waals surface area (Å²) in [5.74, 6) is -2.91. The van der Waals surface area contributed by atoms with Crippen molar-refractivity contribution in [1.29, 1.82) is 0 Å². The van der Waals surface area contributed by atoms with Crippen LogP contribution >= 0.6 is 0 Å². The number of hydrogen-bond acceptors (Lipinski definition) is 4. The molecule has 0 bridgehead atoms. The van der Waals surface area contributed by atoms with Crippen molar-refractivity contribution in [3.63, 3.8) is 0 Å². The quantitative estimate of drug-likeness (QED) is 0.616. The highest BCUT2D eigenvalue weighted by Gasteiger charge is 2.17. The summed E-state index contributed by atoms with van der Waals surface area (Å²) in [5, 5.41) is 10.7. The molecule has 0 fully saturated rings. The molecule has 0 aromatic carbocycles. The van der Waals surface area contributed by atoms with Gasteiger partial charge >= 0.3 is 5.97 Å². The first-order valence-electron chi connectivity index (χ1n) is 4.56. The Kier molecular flexibility index (Phi) is 5.92. The minimum absolute atomic E-state index is 0.424. The third-order valence-corrected chi connectivity index (χ3v) is 3.08. The van der Waals surface area contributed by atoms with Gasteiger partial charge in [0, 0.05) is 6.54 Å². The number of rotatable bonds is 7. The first kappa shape index (κ1) is 13.9. The summed E-state index contributed by atoms with van der Waals surface area (Å²) in [6, 6.07) is 0. The smallest absolute Gasteiger partial charge is 0.304 e. The van der Waals surface area contributed by atoms with Gasteiger partial charge in [-0.1, -0.05) is 6.92 Å². The number of carboxylic acid groups (broad SMARTS) is 1. The zero-order chi connectivity index (χ0) is 11.9. The molecule has 1 amide bonds. The van der Waals surface area contributed by atoms with Gasteiger partial charge in [-0.25, -0.2) is 8.42 Å². The molecule has 0 atom stereocenters. The fourth-order valence-electron chi connectivity index (χ4n) is 0.830. The predicted molar refractivity (Wildman–Crippen MR) is 54.2 cm³/mol. The average molecular weight is 237 g/mol. The average Bonchev–Trinajstić information content (AvgIpc) is 2.11. The summed E-state index contributed by atoms with van der Waals surface area (Å²) in [4.78, 5) is 21.2. The standard InChI is InChI=1S/C8H15NO5S/c1-2-4-9-7(10)6-15(13,14)5-3-8(11)12/h2-6H2,1H3,(H,9,10)(H,11,12). The van der Waals surface area contributed by atoms with Gasteiger partial charge in [-0.3, -0.25) is 9.59 Å². The minimum Gasteiger partial charge on any atom is -0.481 e. The lowest BCUT2D eigenvalue weighted by molar-refractivity contribution is -0.136. The van der Waals surface area contributed by atoms with E-state index in [2.05, 4.69) is 5.32 Å². The molecule has 0 rings (SSSR count). The normalized spacial score (nSPS) is 11.0. The van der Waals surface area contributed by atoms with Crippen molar-refractivity contribution in [2.75, 3.05) is 18.1 Å². The second-order valence-corrected chi connectivity index (χ2v) is 5.27. The molecule has 0 aliphatic rings. The fourth-order valence-corrected chi connectivity index (χ4v) is 1.96. The van der Waals surface area contributed by atoms with Gasteiger partial charge < -0.3 is 10.4 Å². The van der Waals surface area contributed by atoms with Gasteiger partial charge in [0.2, 0.25) is 5.91 Å². The summed E-state index contributed by atoms with van der Waals surface area (Å²) in [5.41, 5.74) is 0. The van der Waals surface area contributed by atoms with Crippen molar-refractivity contribution in [3.8, 4) is 0 Å². The maximum atomic E-state index is 11.2. The number of sulfone groups is 1. The largest absolute Gasteiger partial charge is 0.481 e. The monoisotopic (exact) mass is 237 g/mol. The van der Waals surface area contributed by atoms with Gasteiger partial charge in [0.25, 0.3) is 0 Å². The van der Waals surface area contributed by atoms with E-state index in [1.165, 1.54) is 0 Å². The van der Waals surface area contributed by atoms with Gasteiger partial charge in [-0.15, -0.1) is 0 Å². The molecule has 0 aromatic heterocycles. The molecule has 15 heavy (non-hydrogen) atoms. The van der Waals surface area contributed by atoms with Crippen molar-refractivity contribution in [3.05, 3.63) is 0 Å². The van der Waals surface area contributed by atoms with E-state index < -0.39 is 39.6 Å². The zero-order valence-electron chi connectivity index (χ0n) is 8.52. The van der Waals surface area contributed by atoms with Crippen LogP contribution in [0.25, 0.3) is 0 Å². The van der Waals surface area contributed by atoms with Crippen molar-refractivity contribution < 1.29 is 23.1 Å². The maximum Gasteiger partial charge on any atom is 0.304 e. The van der Waals surface area contributed by atoms with Crippen molar-refractivity contribution >= 4 is 21.7 Å². The number of amides is 1. The van der Waals surface area contributed by atoms with E-state index in [1.54, 1.807) is 0 Å². The van der Waals surface area contributed by atoms with E-state index in [0.29, 0.717) is 6.54 Å². The molecule has 0 unspecified atom stereocenters. The lowest BCUT2D eigenvalue weighted by Crippen LogP contribution is -2.32. The maximum absolute atomic E-state index is 11.2. The number of hydrogen-bond donors (Lipinski definition) is 2. The summed E-state index contributed by atoms with van der Waals surface area (Å²) in [6.07, 6.45) is 0.254. The molecule has 6 nitrogen and oxygen atoms in total. The molecule has 0 aromatic rings. The Morgan fingerprint density at radius 1 is 1.33 bits per heavy atom. The lowest BCUT2D eigenvalue weighted by atomic mass is 10.5. The van der Waals surface area contributed by atoms with Crippen molar-refractivity contribution in [1.82, 2.24) is 5.32 Å². The molecule has 0 spiro atoms. The van der Waals surface area contributed by atoms with Gasteiger partial charge in [0.05, 0.1) is 12.2 Å². The van der Waals surface area contributed by atoms with Crippen LogP contribution in [0.2, 0.25) is 0 Å². The molecule has 88 valence electrons. The third kappa shape index (κ3) is 7.92. The van der Waals surface area contributed by atoms with Crippen LogP contribution in [0.4, 0.5) is 0 Å². The van der Waals surface area contributed by atoms with Crippen molar-refractivity contribution in [2.45, 2.75) is 19.8 Å². The lowest BCUT2D eigenvalue weighted by Gasteiger charge is -2.03. The molecule has 0 aliphatic carbocycles. The Morgan fingerprint density at radius 2 is 1.93 bits per heavy atom. The molecule has 0 aliphatic heterocycles. The first-order valence-corrected chi connectivity index (χ1v) is 6.38. The Balaban J connectivity index is 4.03. The molecular formula is C8H15NO5S. The number of carboxylic acids is 1. The molecular weight excluding hydrogens is 222 g/mol. The van der Waals surface area contributed by atoms with Gasteiger partial charge in [0.1, 0.15) is 5.75 Å². The highest BCUT2D eigenvalue weighted by molar-refractivity contribution is 7.92.